The maximum Gasteiger partial charge on any atom is 0.191 e. The highest BCUT2D eigenvalue weighted by Gasteiger charge is 2.15. The monoisotopic (exact) mass is 261 g/mol. The summed E-state index contributed by atoms with van der Waals surface area (Å²) < 4.78 is 0. The minimum absolute atomic E-state index is 0.466. The van der Waals surface area contributed by atoms with Gasteiger partial charge < -0.3 is 10.6 Å². The molecule has 0 spiro atoms. The van der Waals surface area contributed by atoms with E-state index >= 15 is 0 Å². The van der Waals surface area contributed by atoms with Crippen LogP contribution in [0.25, 0.3) is 0 Å². The quantitative estimate of drug-likeness (QED) is 0.610. The molecule has 3 nitrogen and oxygen atoms in total. The van der Waals surface area contributed by atoms with E-state index in [0.717, 1.165) is 25.6 Å². The largest absolute Gasteiger partial charge is 0.357 e. The van der Waals surface area contributed by atoms with Gasteiger partial charge in [-0.05, 0) is 25.3 Å². The van der Waals surface area contributed by atoms with Gasteiger partial charge in [-0.15, -0.1) is 0 Å². The summed E-state index contributed by atoms with van der Waals surface area (Å²) in [5, 5.41) is 6.54. The maximum absolute atomic E-state index is 4.70. The van der Waals surface area contributed by atoms with Crippen LogP contribution in [0.15, 0.2) is 35.3 Å². The number of hydrogen-bond donors (Lipinski definition) is 2. The second-order valence-corrected chi connectivity index (χ2v) is 5.01. The Bertz CT molecular complexity index is 363. The molecule has 0 aliphatic heterocycles. The van der Waals surface area contributed by atoms with E-state index in [9.17, 15) is 0 Å². The van der Waals surface area contributed by atoms with Crippen LogP contribution in [-0.2, 0) is 0 Å². The molecule has 106 valence electrons. The van der Waals surface area contributed by atoms with Crippen LogP contribution in [0.4, 0.5) is 0 Å². The van der Waals surface area contributed by atoms with Crippen LogP contribution in [0.3, 0.4) is 0 Å². The summed E-state index contributed by atoms with van der Waals surface area (Å²) >= 11 is 0. The Balaban J connectivity index is 2.76. The predicted molar refractivity (Wildman–Crippen MR) is 83.7 cm³/mol. The fourth-order valence-electron chi connectivity index (χ4n) is 2.10. The van der Waals surface area contributed by atoms with E-state index in [2.05, 4.69) is 68.7 Å². The molecular weight excluding hydrogens is 234 g/mol. The first-order valence-corrected chi connectivity index (χ1v) is 7.26. The van der Waals surface area contributed by atoms with Gasteiger partial charge in [0.05, 0.1) is 0 Å². The number of rotatable bonds is 6. The average Bonchev–Trinajstić information content (AvgIpc) is 2.40. The van der Waals surface area contributed by atoms with E-state index in [4.69, 9.17) is 4.99 Å². The van der Waals surface area contributed by atoms with Crippen LogP contribution in [0.1, 0.15) is 39.2 Å². The molecule has 1 unspecified atom stereocenters. The number of nitrogens with one attached hydrogen (secondary N) is 2. The van der Waals surface area contributed by atoms with Gasteiger partial charge in [-0.3, -0.25) is 4.99 Å². The second-order valence-electron chi connectivity index (χ2n) is 5.01. The number of nitrogens with zero attached hydrogens (tertiary/aromatic N) is 1. The van der Waals surface area contributed by atoms with Crippen molar-refractivity contribution in [2.24, 2.45) is 10.9 Å². The Morgan fingerprint density at radius 2 is 1.63 bits per heavy atom. The summed E-state index contributed by atoms with van der Waals surface area (Å²) in [4.78, 5) is 4.70. The lowest BCUT2D eigenvalue weighted by Crippen LogP contribution is -2.37. The summed E-state index contributed by atoms with van der Waals surface area (Å²) in [6.45, 7) is 11.3. The molecule has 19 heavy (non-hydrogen) atoms. The van der Waals surface area contributed by atoms with Gasteiger partial charge in [-0.25, -0.2) is 0 Å². The predicted octanol–water partition coefficient (Wildman–Crippen LogP) is 3.00. The highest BCUT2D eigenvalue weighted by molar-refractivity contribution is 5.79. The molecule has 1 aromatic carbocycles. The molecule has 3 heteroatoms. The summed E-state index contributed by atoms with van der Waals surface area (Å²) in [7, 11) is 0. The van der Waals surface area contributed by atoms with Crippen LogP contribution in [0.2, 0.25) is 0 Å². The molecule has 0 aliphatic carbocycles. The lowest BCUT2D eigenvalue weighted by atomic mass is 9.88. The van der Waals surface area contributed by atoms with E-state index in [-0.39, 0.29) is 0 Å². The SMILES string of the molecule is CCNC(=NCC(c1ccccc1)C(C)C)NCC. The van der Waals surface area contributed by atoms with Gasteiger partial charge in [0, 0.05) is 25.6 Å². The zero-order chi connectivity index (χ0) is 14.1. The molecule has 0 amide bonds. The van der Waals surface area contributed by atoms with Crippen molar-refractivity contribution in [3.63, 3.8) is 0 Å². The van der Waals surface area contributed by atoms with Crippen molar-refractivity contribution in [1.29, 1.82) is 0 Å². The molecular formula is C16H27N3. The molecule has 0 fully saturated rings. The third kappa shape index (κ3) is 5.33. The summed E-state index contributed by atoms with van der Waals surface area (Å²) in [5.74, 6) is 1.95. The number of guanidine groups is 1. The van der Waals surface area contributed by atoms with E-state index in [1.807, 2.05) is 0 Å². The number of aliphatic imine (C=N–C) groups is 1. The molecule has 1 atom stereocenters. The van der Waals surface area contributed by atoms with Crippen molar-refractivity contribution in [2.45, 2.75) is 33.6 Å². The van der Waals surface area contributed by atoms with Crippen molar-refractivity contribution >= 4 is 5.96 Å². The first-order chi connectivity index (χ1) is 9.19. The first-order valence-electron chi connectivity index (χ1n) is 7.26. The Kier molecular flexibility index (Phi) is 7.01. The minimum Gasteiger partial charge on any atom is -0.357 e. The zero-order valence-electron chi connectivity index (χ0n) is 12.6. The highest BCUT2D eigenvalue weighted by Crippen LogP contribution is 2.24. The van der Waals surface area contributed by atoms with E-state index in [0.29, 0.717) is 11.8 Å². The molecule has 0 saturated carbocycles. The van der Waals surface area contributed by atoms with Crippen LogP contribution >= 0.6 is 0 Å². The average molecular weight is 261 g/mol. The lowest BCUT2D eigenvalue weighted by molar-refractivity contribution is 0.505. The molecule has 0 heterocycles. The normalized spacial score (nSPS) is 12.1. The fraction of sp³-hybridized carbons (Fsp3) is 0.562. The molecule has 0 radical (unpaired) electrons. The summed E-state index contributed by atoms with van der Waals surface area (Å²) in [6, 6.07) is 10.7. The molecule has 0 bridgehead atoms. The van der Waals surface area contributed by atoms with Gasteiger partial charge in [-0.2, -0.15) is 0 Å². The van der Waals surface area contributed by atoms with Crippen LogP contribution in [0, 0.1) is 5.92 Å². The Hall–Kier alpha value is -1.51. The first kappa shape index (κ1) is 15.5. The highest BCUT2D eigenvalue weighted by atomic mass is 15.2. The van der Waals surface area contributed by atoms with E-state index in [1.54, 1.807) is 0 Å². The van der Waals surface area contributed by atoms with Crippen molar-refractivity contribution < 1.29 is 0 Å². The third-order valence-electron chi connectivity index (χ3n) is 3.17. The van der Waals surface area contributed by atoms with Gasteiger partial charge >= 0.3 is 0 Å². The van der Waals surface area contributed by atoms with Gasteiger partial charge in [-0.1, -0.05) is 44.2 Å². The molecule has 1 rings (SSSR count). The molecule has 0 aromatic heterocycles. The summed E-state index contributed by atoms with van der Waals surface area (Å²) in [6.07, 6.45) is 0. The lowest BCUT2D eigenvalue weighted by Gasteiger charge is -2.20. The van der Waals surface area contributed by atoms with E-state index in [1.165, 1.54) is 5.56 Å². The van der Waals surface area contributed by atoms with Crippen molar-refractivity contribution in [3.8, 4) is 0 Å². The molecule has 0 saturated heterocycles. The zero-order valence-corrected chi connectivity index (χ0v) is 12.6. The van der Waals surface area contributed by atoms with Gasteiger partial charge in [0.25, 0.3) is 0 Å². The molecule has 2 N–H and O–H groups in total. The summed E-state index contributed by atoms with van der Waals surface area (Å²) in [5.41, 5.74) is 1.37. The van der Waals surface area contributed by atoms with Crippen molar-refractivity contribution in [2.75, 3.05) is 19.6 Å². The van der Waals surface area contributed by atoms with Gasteiger partial charge in [0.15, 0.2) is 5.96 Å². The van der Waals surface area contributed by atoms with Crippen LogP contribution in [0.5, 0.6) is 0 Å². The van der Waals surface area contributed by atoms with Crippen LogP contribution in [-0.4, -0.2) is 25.6 Å². The molecule has 1 aromatic rings. The smallest absolute Gasteiger partial charge is 0.191 e. The Morgan fingerprint density at radius 3 is 2.11 bits per heavy atom. The van der Waals surface area contributed by atoms with Crippen molar-refractivity contribution in [3.05, 3.63) is 35.9 Å². The number of hydrogen-bond acceptors (Lipinski definition) is 1. The van der Waals surface area contributed by atoms with Gasteiger partial charge in [0.2, 0.25) is 0 Å². The minimum atomic E-state index is 0.466. The Labute approximate surface area is 117 Å². The van der Waals surface area contributed by atoms with Gasteiger partial charge in [0.1, 0.15) is 0 Å². The second kappa shape index (κ2) is 8.57. The van der Waals surface area contributed by atoms with E-state index < -0.39 is 0 Å². The maximum atomic E-state index is 4.70. The van der Waals surface area contributed by atoms with Crippen LogP contribution < -0.4 is 10.6 Å². The number of benzene rings is 1. The van der Waals surface area contributed by atoms with Crippen molar-refractivity contribution in [1.82, 2.24) is 10.6 Å². The standard InChI is InChI=1S/C16H27N3/c1-5-17-16(18-6-2)19-12-15(13(3)4)14-10-8-7-9-11-14/h7-11,13,15H,5-6,12H2,1-4H3,(H2,17,18,19). The fourth-order valence-corrected chi connectivity index (χ4v) is 2.10. The Morgan fingerprint density at radius 1 is 1.05 bits per heavy atom. The third-order valence-corrected chi connectivity index (χ3v) is 3.17. The molecule has 0 aliphatic rings. The topological polar surface area (TPSA) is 36.4 Å².